The van der Waals surface area contributed by atoms with Gasteiger partial charge in [0.05, 0.1) is 6.61 Å². The molecular weight excluding hydrogens is 256 g/mol. The van der Waals surface area contributed by atoms with Crippen molar-refractivity contribution in [2.75, 3.05) is 25.5 Å². The Balaban J connectivity index is 2.49. The maximum atomic E-state index is 11.7. The largest absolute Gasteiger partial charge is 0.465 e. The van der Waals surface area contributed by atoms with Crippen molar-refractivity contribution in [3.8, 4) is 0 Å². The number of esters is 1. The average Bonchev–Trinajstić information content (AvgIpc) is 2.32. The molecule has 1 N–H and O–H groups in total. The molecule has 0 aliphatic rings. The van der Waals surface area contributed by atoms with Crippen LogP contribution in [0, 0.1) is 0 Å². The molecule has 0 saturated carbocycles. The van der Waals surface area contributed by atoms with E-state index >= 15 is 0 Å². The Morgan fingerprint density at radius 2 is 1.94 bits per heavy atom. The number of likely N-dealkylation sites (N-methyl/N-ethyl adjacent to an activating group) is 1. The van der Waals surface area contributed by atoms with Gasteiger partial charge in [0.25, 0.3) is 0 Å². The third kappa shape index (κ3) is 4.63. The van der Waals surface area contributed by atoms with E-state index < -0.39 is 5.97 Å². The minimum atomic E-state index is -0.439. The fraction of sp³-hybridized carbons (Fsp3) is 0.333. The van der Waals surface area contributed by atoms with Gasteiger partial charge in [-0.3, -0.25) is 4.79 Å². The van der Waals surface area contributed by atoms with E-state index in [2.05, 4.69) is 5.32 Å². The van der Waals surface area contributed by atoms with Crippen LogP contribution in [0.3, 0.4) is 0 Å². The number of nitrogens with zero attached hydrogens (tertiary/aromatic N) is 1. The second-order valence-electron chi connectivity index (χ2n) is 3.60. The molecule has 0 spiro atoms. The number of ether oxygens (including phenoxy) is 1. The van der Waals surface area contributed by atoms with Gasteiger partial charge in [-0.15, -0.1) is 0 Å². The highest BCUT2D eigenvalue weighted by Crippen LogP contribution is 2.13. The van der Waals surface area contributed by atoms with E-state index in [1.54, 1.807) is 31.2 Å². The second-order valence-corrected chi connectivity index (χ2v) is 4.03. The predicted octanol–water partition coefficient (Wildman–Crippen LogP) is 2.37. The second kappa shape index (κ2) is 6.86. The summed E-state index contributed by atoms with van der Waals surface area (Å²) in [5.74, 6) is -0.439. The molecule has 0 heterocycles. The third-order valence-electron chi connectivity index (χ3n) is 2.11. The molecule has 18 heavy (non-hydrogen) atoms. The molecule has 0 atom stereocenters. The van der Waals surface area contributed by atoms with Gasteiger partial charge in [0.15, 0.2) is 0 Å². The first kappa shape index (κ1) is 14.3. The minimum Gasteiger partial charge on any atom is -0.465 e. The summed E-state index contributed by atoms with van der Waals surface area (Å²) in [7, 11) is 1.52. The lowest BCUT2D eigenvalue weighted by Crippen LogP contribution is -2.36. The number of amides is 2. The zero-order valence-electron chi connectivity index (χ0n) is 10.3. The fourth-order valence-corrected chi connectivity index (χ4v) is 1.35. The molecule has 0 unspecified atom stereocenters. The molecule has 0 aromatic heterocycles. The van der Waals surface area contributed by atoms with Gasteiger partial charge in [-0.2, -0.15) is 0 Å². The van der Waals surface area contributed by atoms with E-state index in [0.29, 0.717) is 17.3 Å². The number of anilines is 1. The number of hydrogen-bond acceptors (Lipinski definition) is 3. The van der Waals surface area contributed by atoms with Crippen LogP contribution in [0.25, 0.3) is 0 Å². The molecule has 6 heteroatoms. The summed E-state index contributed by atoms with van der Waals surface area (Å²) in [6.07, 6.45) is 0. The van der Waals surface area contributed by atoms with Gasteiger partial charge < -0.3 is 15.0 Å². The fourth-order valence-electron chi connectivity index (χ4n) is 1.22. The highest BCUT2D eigenvalue weighted by Gasteiger charge is 2.13. The van der Waals surface area contributed by atoms with Crippen molar-refractivity contribution in [1.29, 1.82) is 0 Å². The summed E-state index contributed by atoms with van der Waals surface area (Å²) in [5, 5.41) is 3.23. The number of urea groups is 1. The summed E-state index contributed by atoms with van der Waals surface area (Å²) in [4.78, 5) is 24.1. The van der Waals surface area contributed by atoms with Crippen molar-refractivity contribution >= 4 is 29.3 Å². The van der Waals surface area contributed by atoms with Crippen LogP contribution >= 0.6 is 11.6 Å². The Bertz CT molecular complexity index is 420. The van der Waals surface area contributed by atoms with Crippen LogP contribution in [-0.4, -0.2) is 37.1 Å². The molecule has 5 nitrogen and oxygen atoms in total. The summed E-state index contributed by atoms with van der Waals surface area (Å²) in [5.41, 5.74) is 0.611. The number of hydrogen-bond donors (Lipinski definition) is 1. The molecule has 0 fully saturated rings. The molecule has 1 rings (SSSR count). The summed E-state index contributed by atoms with van der Waals surface area (Å²) in [6, 6.07) is 6.31. The predicted molar refractivity (Wildman–Crippen MR) is 69.7 cm³/mol. The first-order valence-corrected chi connectivity index (χ1v) is 5.84. The number of carbonyl (C=O) groups excluding carboxylic acids is 2. The number of carbonyl (C=O) groups is 2. The van der Waals surface area contributed by atoms with Crippen molar-refractivity contribution in [2.24, 2.45) is 0 Å². The van der Waals surface area contributed by atoms with E-state index in [1.165, 1.54) is 11.9 Å². The first-order valence-electron chi connectivity index (χ1n) is 5.46. The van der Waals surface area contributed by atoms with E-state index in [1.807, 2.05) is 0 Å². The molecule has 0 aliphatic carbocycles. The van der Waals surface area contributed by atoms with Crippen LogP contribution in [0.4, 0.5) is 10.5 Å². The molecular formula is C12H15ClN2O3. The Hall–Kier alpha value is -1.75. The lowest BCUT2D eigenvalue weighted by atomic mass is 10.3. The highest BCUT2D eigenvalue weighted by molar-refractivity contribution is 6.30. The van der Waals surface area contributed by atoms with Crippen molar-refractivity contribution in [2.45, 2.75) is 6.92 Å². The summed E-state index contributed by atoms with van der Waals surface area (Å²) >= 11 is 5.73. The molecule has 1 aromatic rings. The lowest BCUT2D eigenvalue weighted by molar-refractivity contribution is -0.143. The van der Waals surface area contributed by atoms with Gasteiger partial charge >= 0.3 is 12.0 Å². The highest BCUT2D eigenvalue weighted by atomic mass is 35.5. The Kier molecular flexibility index (Phi) is 5.45. The molecule has 0 radical (unpaired) electrons. The molecule has 98 valence electrons. The van der Waals surface area contributed by atoms with Gasteiger partial charge in [0.2, 0.25) is 0 Å². The van der Waals surface area contributed by atoms with Crippen LogP contribution in [0.1, 0.15) is 6.92 Å². The minimum absolute atomic E-state index is 0.0900. The van der Waals surface area contributed by atoms with Crippen LogP contribution in [0.2, 0.25) is 5.02 Å². The molecule has 0 bridgehead atoms. The topological polar surface area (TPSA) is 58.6 Å². The smallest absolute Gasteiger partial charge is 0.325 e. The standard InChI is InChI=1S/C12H15ClN2O3/c1-3-18-11(16)8-15(2)12(17)14-10-6-4-9(13)5-7-10/h4-7H,3,8H2,1-2H3,(H,14,17). The first-order chi connectivity index (χ1) is 8.52. The quantitative estimate of drug-likeness (QED) is 0.855. The van der Waals surface area contributed by atoms with E-state index in [-0.39, 0.29) is 12.6 Å². The molecule has 2 amide bonds. The monoisotopic (exact) mass is 270 g/mol. The van der Waals surface area contributed by atoms with Crippen molar-refractivity contribution in [3.05, 3.63) is 29.3 Å². The van der Waals surface area contributed by atoms with Gasteiger partial charge in [-0.1, -0.05) is 11.6 Å². The Morgan fingerprint density at radius 3 is 2.50 bits per heavy atom. The van der Waals surface area contributed by atoms with Crippen LogP contribution in [0.15, 0.2) is 24.3 Å². The number of halogens is 1. The van der Waals surface area contributed by atoms with Crippen LogP contribution < -0.4 is 5.32 Å². The van der Waals surface area contributed by atoms with Crippen LogP contribution in [-0.2, 0) is 9.53 Å². The van der Waals surface area contributed by atoms with Crippen molar-refractivity contribution < 1.29 is 14.3 Å². The van der Waals surface area contributed by atoms with Crippen LogP contribution in [0.5, 0.6) is 0 Å². The molecule has 1 aromatic carbocycles. The van der Waals surface area contributed by atoms with Gasteiger partial charge in [0.1, 0.15) is 6.54 Å². The average molecular weight is 271 g/mol. The maximum absolute atomic E-state index is 11.7. The van der Waals surface area contributed by atoms with Gasteiger partial charge in [0, 0.05) is 17.8 Å². The Morgan fingerprint density at radius 1 is 1.33 bits per heavy atom. The summed E-state index contributed by atoms with van der Waals surface area (Å²) in [6.45, 7) is 1.92. The maximum Gasteiger partial charge on any atom is 0.325 e. The number of rotatable bonds is 4. The zero-order chi connectivity index (χ0) is 13.5. The van der Waals surface area contributed by atoms with E-state index in [0.717, 1.165) is 0 Å². The number of benzene rings is 1. The SMILES string of the molecule is CCOC(=O)CN(C)C(=O)Nc1ccc(Cl)cc1. The molecule has 0 saturated heterocycles. The number of nitrogens with one attached hydrogen (secondary N) is 1. The van der Waals surface area contributed by atoms with Crippen molar-refractivity contribution in [3.63, 3.8) is 0 Å². The van der Waals surface area contributed by atoms with E-state index in [4.69, 9.17) is 16.3 Å². The third-order valence-corrected chi connectivity index (χ3v) is 2.37. The summed E-state index contributed by atoms with van der Waals surface area (Å²) < 4.78 is 4.75. The van der Waals surface area contributed by atoms with Gasteiger partial charge in [-0.25, -0.2) is 4.79 Å². The normalized spacial score (nSPS) is 9.72. The van der Waals surface area contributed by atoms with Gasteiger partial charge in [-0.05, 0) is 31.2 Å². The van der Waals surface area contributed by atoms with E-state index in [9.17, 15) is 9.59 Å². The Labute approximate surface area is 111 Å². The lowest BCUT2D eigenvalue weighted by Gasteiger charge is -2.16. The molecule has 0 aliphatic heterocycles. The zero-order valence-corrected chi connectivity index (χ0v) is 11.0. The van der Waals surface area contributed by atoms with Crippen molar-refractivity contribution in [1.82, 2.24) is 4.90 Å².